The molecule has 0 unspecified atom stereocenters. The molecule has 0 aromatic heterocycles. The quantitative estimate of drug-likeness (QED) is 0.392. The van der Waals surface area contributed by atoms with Crippen molar-refractivity contribution in [3.63, 3.8) is 0 Å². The summed E-state index contributed by atoms with van der Waals surface area (Å²) in [6.07, 6.45) is 5.66. The van der Waals surface area contributed by atoms with Crippen LogP contribution in [0.3, 0.4) is 0 Å². The summed E-state index contributed by atoms with van der Waals surface area (Å²) in [5.41, 5.74) is 0. The van der Waals surface area contributed by atoms with E-state index in [0.717, 1.165) is 12.8 Å². The van der Waals surface area contributed by atoms with Gasteiger partial charge in [-0.1, -0.05) is 38.7 Å². The highest BCUT2D eigenvalue weighted by Crippen LogP contribution is 2.02. The molecule has 0 aliphatic heterocycles. The average Bonchev–Trinajstić information content (AvgIpc) is 2.16. The normalized spacial score (nSPS) is 14.1. The van der Waals surface area contributed by atoms with Gasteiger partial charge in [0, 0.05) is 12.3 Å². The molecule has 1 nitrogen and oxygen atoms in total. The summed E-state index contributed by atoms with van der Waals surface area (Å²) in [7, 11) is 0. The minimum atomic E-state index is -0.542. The Kier molecular flexibility index (Phi) is 7.44. The summed E-state index contributed by atoms with van der Waals surface area (Å²) in [4.78, 5) is 0. The van der Waals surface area contributed by atoms with Crippen LogP contribution in [-0.2, 0) is 0 Å². The van der Waals surface area contributed by atoms with Crippen molar-refractivity contribution in [2.24, 2.45) is 5.92 Å². The third kappa shape index (κ3) is 6.42. The van der Waals surface area contributed by atoms with E-state index in [4.69, 9.17) is 0 Å². The Hall–Kier alpha value is -0.740. The van der Waals surface area contributed by atoms with Crippen LogP contribution in [-0.4, -0.2) is 11.2 Å². The zero-order chi connectivity index (χ0) is 10.1. The van der Waals surface area contributed by atoms with Crippen LogP contribution in [0.25, 0.3) is 0 Å². The van der Waals surface area contributed by atoms with Crippen LogP contribution in [0.2, 0.25) is 0 Å². The molecule has 2 atom stereocenters. The second-order valence-electron chi connectivity index (χ2n) is 3.32. The predicted molar refractivity (Wildman–Crippen MR) is 57.3 cm³/mol. The van der Waals surface area contributed by atoms with E-state index in [9.17, 15) is 5.11 Å². The first-order valence-electron chi connectivity index (χ1n) is 5.01. The molecule has 0 amide bonds. The van der Waals surface area contributed by atoms with Crippen molar-refractivity contribution in [2.45, 2.75) is 45.6 Å². The summed E-state index contributed by atoms with van der Waals surface area (Å²) in [5, 5.41) is 9.43. The molecule has 0 aromatic rings. The van der Waals surface area contributed by atoms with E-state index in [1.165, 1.54) is 12.8 Å². The molecule has 1 heteroatoms. The third-order valence-corrected chi connectivity index (χ3v) is 2.03. The van der Waals surface area contributed by atoms with Crippen molar-refractivity contribution in [3.05, 3.63) is 12.7 Å². The standard InChI is InChI=1S/C12H20O/c1-4-6-7-8-9-10-12(13)11(3)5-2/h5,11-13H,2,4,6-8H2,1,3H3/t11-,12+/m1/s1. The van der Waals surface area contributed by atoms with Gasteiger partial charge in [0.1, 0.15) is 6.10 Å². The summed E-state index contributed by atoms with van der Waals surface area (Å²) < 4.78 is 0. The van der Waals surface area contributed by atoms with Gasteiger partial charge < -0.3 is 5.11 Å². The molecule has 0 spiro atoms. The highest BCUT2D eigenvalue weighted by atomic mass is 16.3. The lowest BCUT2D eigenvalue weighted by Gasteiger charge is -2.06. The molecule has 0 fully saturated rings. The molecule has 0 aliphatic rings. The van der Waals surface area contributed by atoms with E-state index >= 15 is 0 Å². The third-order valence-electron chi connectivity index (χ3n) is 2.03. The zero-order valence-corrected chi connectivity index (χ0v) is 8.71. The minimum absolute atomic E-state index is 0.0682. The molecular weight excluding hydrogens is 160 g/mol. The molecule has 0 aromatic carbocycles. The molecule has 0 saturated heterocycles. The van der Waals surface area contributed by atoms with Gasteiger partial charge in [0.15, 0.2) is 0 Å². The van der Waals surface area contributed by atoms with Gasteiger partial charge in [0.05, 0.1) is 0 Å². The number of hydrogen-bond donors (Lipinski definition) is 1. The molecule has 0 heterocycles. The van der Waals surface area contributed by atoms with Gasteiger partial charge in [-0.3, -0.25) is 0 Å². The summed E-state index contributed by atoms with van der Waals surface area (Å²) in [6.45, 7) is 7.70. The van der Waals surface area contributed by atoms with E-state index in [2.05, 4.69) is 25.3 Å². The first-order valence-corrected chi connectivity index (χ1v) is 5.01. The fourth-order valence-corrected chi connectivity index (χ4v) is 0.900. The van der Waals surface area contributed by atoms with E-state index < -0.39 is 6.10 Å². The highest BCUT2D eigenvalue weighted by Gasteiger charge is 2.05. The van der Waals surface area contributed by atoms with Crippen molar-refractivity contribution in [2.75, 3.05) is 0 Å². The van der Waals surface area contributed by atoms with Crippen molar-refractivity contribution in [1.29, 1.82) is 0 Å². The minimum Gasteiger partial charge on any atom is -0.380 e. The number of unbranched alkanes of at least 4 members (excludes halogenated alkanes) is 3. The molecule has 0 radical (unpaired) electrons. The second-order valence-corrected chi connectivity index (χ2v) is 3.32. The summed E-state index contributed by atoms with van der Waals surface area (Å²) >= 11 is 0. The van der Waals surface area contributed by atoms with Crippen molar-refractivity contribution in [1.82, 2.24) is 0 Å². The van der Waals surface area contributed by atoms with E-state index in [0.29, 0.717) is 0 Å². The number of aliphatic hydroxyl groups is 1. The van der Waals surface area contributed by atoms with Gasteiger partial charge >= 0.3 is 0 Å². The molecular formula is C12H20O. The SMILES string of the molecule is C=C[C@@H](C)[C@@H](O)C#CCCCCC. The Balaban J connectivity index is 3.62. The Labute approximate surface area is 81.9 Å². The monoisotopic (exact) mass is 180 g/mol. The van der Waals surface area contributed by atoms with E-state index in [1.54, 1.807) is 6.08 Å². The van der Waals surface area contributed by atoms with Crippen molar-refractivity contribution >= 4 is 0 Å². The van der Waals surface area contributed by atoms with Gasteiger partial charge in [-0.25, -0.2) is 0 Å². The van der Waals surface area contributed by atoms with Crippen LogP contribution in [0.4, 0.5) is 0 Å². The van der Waals surface area contributed by atoms with E-state index in [1.807, 2.05) is 6.92 Å². The Morgan fingerprint density at radius 2 is 2.15 bits per heavy atom. The maximum absolute atomic E-state index is 9.43. The van der Waals surface area contributed by atoms with Crippen LogP contribution < -0.4 is 0 Å². The molecule has 0 rings (SSSR count). The number of hydrogen-bond acceptors (Lipinski definition) is 1. The van der Waals surface area contributed by atoms with Crippen molar-refractivity contribution in [3.8, 4) is 11.8 Å². The molecule has 1 N–H and O–H groups in total. The van der Waals surface area contributed by atoms with Crippen LogP contribution >= 0.6 is 0 Å². The molecule has 0 aliphatic carbocycles. The topological polar surface area (TPSA) is 20.2 Å². The predicted octanol–water partition coefficient (Wildman–Crippen LogP) is 2.75. The van der Waals surface area contributed by atoms with Crippen molar-refractivity contribution < 1.29 is 5.11 Å². The first-order chi connectivity index (χ1) is 6.22. The molecule has 0 saturated carbocycles. The van der Waals surface area contributed by atoms with Crippen LogP contribution in [0.15, 0.2) is 12.7 Å². The highest BCUT2D eigenvalue weighted by molar-refractivity contribution is 5.08. The zero-order valence-electron chi connectivity index (χ0n) is 8.71. The molecule has 0 bridgehead atoms. The smallest absolute Gasteiger partial charge is 0.120 e. The number of rotatable bonds is 5. The van der Waals surface area contributed by atoms with Gasteiger partial charge in [-0.05, 0) is 6.42 Å². The maximum Gasteiger partial charge on any atom is 0.120 e. The Morgan fingerprint density at radius 3 is 2.69 bits per heavy atom. The van der Waals surface area contributed by atoms with Gasteiger partial charge in [-0.15, -0.1) is 12.5 Å². The second kappa shape index (κ2) is 7.89. The molecule has 74 valence electrons. The fraction of sp³-hybridized carbons (Fsp3) is 0.667. The largest absolute Gasteiger partial charge is 0.380 e. The lowest BCUT2D eigenvalue weighted by Crippen LogP contribution is -2.12. The lowest BCUT2D eigenvalue weighted by atomic mass is 10.1. The van der Waals surface area contributed by atoms with E-state index in [-0.39, 0.29) is 5.92 Å². The van der Waals surface area contributed by atoms with Gasteiger partial charge in [0.25, 0.3) is 0 Å². The Bertz CT molecular complexity index is 185. The average molecular weight is 180 g/mol. The Morgan fingerprint density at radius 1 is 1.46 bits per heavy atom. The van der Waals surface area contributed by atoms with Gasteiger partial charge in [0.2, 0.25) is 0 Å². The molecule has 13 heavy (non-hydrogen) atoms. The number of aliphatic hydroxyl groups excluding tert-OH is 1. The summed E-state index contributed by atoms with van der Waals surface area (Å²) in [6, 6.07) is 0. The fourth-order valence-electron chi connectivity index (χ4n) is 0.900. The van der Waals surface area contributed by atoms with Crippen LogP contribution in [0, 0.1) is 17.8 Å². The van der Waals surface area contributed by atoms with Crippen LogP contribution in [0.5, 0.6) is 0 Å². The maximum atomic E-state index is 9.43. The van der Waals surface area contributed by atoms with Gasteiger partial charge in [-0.2, -0.15) is 0 Å². The lowest BCUT2D eigenvalue weighted by molar-refractivity contribution is 0.195. The summed E-state index contributed by atoms with van der Waals surface area (Å²) in [5.74, 6) is 5.88. The first kappa shape index (κ1) is 12.3. The van der Waals surface area contributed by atoms with Crippen LogP contribution in [0.1, 0.15) is 39.5 Å².